The largest absolute Gasteiger partial charge is 0.385 e. The zero-order valence-electron chi connectivity index (χ0n) is 11.8. The first-order chi connectivity index (χ1) is 10.3. The van der Waals surface area contributed by atoms with Crippen LogP contribution in [0.15, 0.2) is 52.3 Å². The van der Waals surface area contributed by atoms with Crippen LogP contribution in [0.4, 0.5) is 5.69 Å². The van der Waals surface area contributed by atoms with Crippen LogP contribution in [0.25, 0.3) is 0 Å². The molecule has 0 saturated heterocycles. The van der Waals surface area contributed by atoms with E-state index in [1.807, 2.05) is 24.3 Å². The summed E-state index contributed by atoms with van der Waals surface area (Å²) in [6.45, 7) is 3.08. The molecule has 2 aromatic carbocycles. The van der Waals surface area contributed by atoms with Gasteiger partial charge in [-0.05, 0) is 48.9 Å². The fraction of sp³-hybridized carbons (Fsp3) is 0.176. The summed E-state index contributed by atoms with van der Waals surface area (Å²) in [6, 6.07) is 17.5. The van der Waals surface area contributed by atoms with Gasteiger partial charge in [-0.2, -0.15) is 10.5 Å². The monoisotopic (exact) mass is 293 g/mol. The van der Waals surface area contributed by atoms with E-state index in [1.54, 1.807) is 18.2 Å². The number of anilines is 1. The van der Waals surface area contributed by atoms with Gasteiger partial charge in [0, 0.05) is 22.0 Å². The van der Waals surface area contributed by atoms with Crippen LogP contribution in [0, 0.1) is 22.7 Å². The van der Waals surface area contributed by atoms with Crippen molar-refractivity contribution in [2.24, 2.45) is 0 Å². The Morgan fingerprint density at radius 1 is 1.05 bits per heavy atom. The molecule has 0 amide bonds. The SMILES string of the molecule is CCCNc1ccc(Sc2cc(C#N)ccc2C#N)cc1. The lowest BCUT2D eigenvalue weighted by molar-refractivity contribution is 0.979. The Morgan fingerprint density at radius 3 is 2.43 bits per heavy atom. The maximum Gasteiger partial charge on any atom is 0.100 e. The van der Waals surface area contributed by atoms with Crippen molar-refractivity contribution < 1.29 is 0 Å². The summed E-state index contributed by atoms with van der Waals surface area (Å²) < 4.78 is 0. The Hall–Kier alpha value is -2.43. The number of nitrogens with one attached hydrogen (secondary N) is 1. The highest BCUT2D eigenvalue weighted by Gasteiger charge is 2.06. The molecular weight excluding hydrogens is 278 g/mol. The predicted molar refractivity (Wildman–Crippen MR) is 85.2 cm³/mol. The molecule has 0 aromatic heterocycles. The highest BCUT2D eigenvalue weighted by molar-refractivity contribution is 7.99. The smallest absolute Gasteiger partial charge is 0.100 e. The minimum absolute atomic E-state index is 0.567. The average Bonchev–Trinajstić information content (AvgIpc) is 2.54. The van der Waals surface area contributed by atoms with Crippen molar-refractivity contribution >= 4 is 17.4 Å². The van der Waals surface area contributed by atoms with Crippen molar-refractivity contribution in [1.82, 2.24) is 0 Å². The summed E-state index contributed by atoms with van der Waals surface area (Å²) in [4.78, 5) is 1.86. The third-order valence-electron chi connectivity index (χ3n) is 2.89. The van der Waals surface area contributed by atoms with Crippen LogP contribution in [0.2, 0.25) is 0 Å². The van der Waals surface area contributed by atoms with Gasteiger partial charge in [0.05, 0.1) is 17.2 Å². The molecule has 1 N–H and O–H groups in total. The molecule has 0 bridgehead atoms. The van der Waals surface area contributed by atoms with Gasteiger partial charge in [-0.15, -0.1) is 0 Å². The van der Waals surface area contributed by atoms with Gasteiger partial charge in [-0.3, -0.25) is 0 Å². The number of benzene rings is 2. The number of nitrogens with zero attached hydrogens (tertiary/aromatic N) is 2. The summed E-state index contributed by atoms with van der Waals surface area (Å²) >= 11 is 1.50. The van der Waals surface area contributed by atoms with Gasteiger partial charge >= 0.3 is 0 Å². The van der Waals surface area contributed by atoms with Crippen LogP contribution in [0.1, 0.15) is 24.5 Å². The topological polar surface area (TPSA) is 59.6 Å². The van der Waals surface area contributed by atoms with Crippen molar-refractivity contribution in [2.75, 3.05) is 11.9 Å². The fourth-order valence-electron chi connectivity index (χ4n) is 1.81. The molecule has 2 rings (SSSR count). The van der Waals surface area contributed by atoms with Crippen LogP contribution < -0.4 is 5.32 Å². The second-order valence-corrected chi connectivity index (χ2v) is 5.60. The standard InChI is InChI=1S/C17H15N3S/c1-2-9-20-15-5-7-16(8-6-15)21-17-10-13(11-18)3-4-14(17)12-19/h3-8,10,20H,2,9H2,1H3. The summed E-state index contributed by atoms with van der Waals surface area (Å²) in [5.41, 5.74) is 2.25. The third kappa shape index (κ3) is 4.02. The lowest BCUT2D eigenvalue weighted by Gasteiger charge is -2.07. The first kappa shape index (κ1) is 15.0. The van der Waals surface area contributed by atoms with Crippen molar-refractivity contribution in [1.29, 1.82) is 10.5 Å². The Bertz CT molecular complexity index is 693. The number of hydrogen-bond donors (Lipinski definition) is 1. The second kappa shape index (κ2) is 7.38. The number of hydrogen-bond acceptors (Lipinski definition) is 4. The molecule has 0 atom stereocenters. The van der Waals surface area contributed by atoms with Crippen LogP contribution >= 0.6 is 11.8 Å². The first-order valence-electron chi connectivity index (χ1n) is 6.73. The zero-order chi connectivity index (χ0) is 15.1. The number of nitriles is 2. The molecule has 0 aliphatic heterocycles. The van der Waals surface area contributed by atoms with Crippen LogP contribution in [-0.4, -0.2) is 6.54 Å². The van der Waals surface area contributed by atoms with E-state index in [-0.39, 0.29) is 0 Å². The maximum absolute atomic E-state index is 9.15. The van der Waals surface area contributed by atoms with Crippen molar-refractivity contribution in [3.63, 3.8) is 0 Å². The molecule has 0 aliphatic rings. The molecule has 0 heterocycles. The van der Waals surface area contributed by atoms with E-state index in [4.69, 9.17) is 10.5 Å². The molecule has 0 fully saturated rings. The lowest BCUT2D eigenvalue weighted by Crippen LogP contribution is -1.98. The minimum atomic E-state index is 0.567. The van der Waals surface area contributed by atoms with E-state index in [1.165, 1.54) is 11.8 Å². The summed E-state index contributed by atoms with van der Waals surface area (Å²) in [5.74, 6) is 0. The number of rotatable bonds is 5. The molecule has 0 spiro atoms. The molecule has 2 aromatic rings. The Kier molecular flexibility index (Phi) is 5.26. The van der Waals surface area contributed by atoms with Crippen LogP contribution in [0.5, 0.6) is 0 Å². The summed E-state index contributed by atoms with van der Waals surface area (Å²) in [5, 5.41) is 21.4. The molecule has 3 nitrogen and oxygen atoms in total. The highest BCUT2D eigenvalue weighted by atomic mass is 32.2. The van der Waals surface area contributed by atoms with Crippen molar-refractivity contribution in [2.45, 2.75) is 23.1 Å². The van der Waals surface area contributed by atoms with E-state index in [9.17, 15) is 0 Å². The van der Waals surface area contributed by atoms with Gasteiger partial charge in [0.25, 0.3) is 0 Å². The van der Waals surface area contributed by atoms with Crippen LogP contribution in [-0.2, 0) is 0 Å². The molecule has 0 radical (unpaired) electrons. The minimum Gasteiger partial charge on any atom is -0.385 e. The van der Waals surface area contributed by atoms with Gasteiger partial charge in [-0.1, -0.05) is 18.7 Å². The third-order valence-corrected chi connectivity index (χ3v) is 3.96. The molecule has 21 heavy (non-hydrogen) atoms. The van der Waals surface area contributed by atoms with Gasteiger partial charge < -0.3 is 5.32 Å². The second-order valence-electron chi connectivity index (χ2n) is 4.49. The van der Waals surface area contributed by atoms with Gasteiger partial charge in [-0.25, -0.2) is 0 Å². The van der Waals surface area contributed by atoms with E-state index in [2.05, 4.69) is 24.4 Å². The molecular formula is C17H15N3S. The van der Waals surface area contributed by atoms with E-state index in [0.717, 1.165) is 28.4 Å². The van der Waals surface area contributed by atoms with E-state index in [0.29, 0.717) is 11.1 Å². The van der Waals surface area contributed by atoms with Gasteiger partial charge in [0.15, 0.2) is 0 Å². The van der Waals surface area contributed by atoms with E-state index >= 15 is 0 Å². The van der Waals surface area contributed by atoms with Gasteiger partial charge in [0.1, 0.15) is 6.07 Å². The van der Waals surface area contributed by atoms with Crippen LogP contribution in [0.3, 0.4) is 0 Å². The van der Waals surface area contributed by atoms with Gasteiger partial charge in [0.2, 0.25) is 0 Å². The predicted octanol–water partition coefficient (Wildman–Crippen LogP) is 4.40. The Labute approximate surface area is 129 Å². The molecule has 0 unspecified atom stereocenters. The Balaban J connectivity index is 2.18. The highest BCUT2D eigenvalue weighted by Crippen LogP contribution is 2.31. The lowest BCUT2D eigenvalue weighted by atomic mass is 10.2. The fourth-order valence-corrected chi connectivity index (χ4v) is 2.74. The van der Waals surface area contributed by atoms with Crippen molar-refractivity contribution in [3.05, 3.63) is 53.6 Å². The maximum atomic E-state index is 9.15. The van der Waals surface area contributed by atoms with E-state index < -0.39 is 0 Å². The molecule has 4 heteroatoms. The quantitative estimate of drug-likeness (QED) is 0.887. The summed E-state index contributed by atoms with van der Waals surface area (Å²) in [6.07, 6.45) is 1.09. The average molecular weight is 293 g/mol. The zero-order valence-corrected chi connectivity index (χ0v) is 12.6. The van der Waals surface area contributed by atoms with Crippen molar-refractivity contribution in [3.8, 4) is 12.1 Å². The molecule has 104 valence electrons. The normalized spacial score (nSPS) is 9.67. The molecule has 0 saturated carbocycles. The summed E-state index contributed by atoms with van der Waals surface area (Å²) in [7, 11) is 0. The molecule has 0 aliphatic carbocycles. The Morgan fingerprint density at radius 2 is 1.81 bits per heavy atom. The first-order valence-corrected chi connectivity index (χ1v) is 7.54.